The van der Waals surface area contributed by atoms with E-state index in [9.17, 15) is 9.59 Å². The molecule has 1 aliphatic carbocycles. The second kappa shape index (κ2) is 6.09. The van der Waals surface area contributed by atoms with Gasteiger partial charge in [-0.1, -0.05) is 12.8 Å². The average molecular weight is 290 g/mol. The molecule has 0 bridgehead atoms. The predicted octanol–water partition coefficient (Wildman–Crippen LogP) is 0.663. The highest BCUT2D eigenvalue weighted by molar-refractivity contribution is 5.90. The summed E-state index contributed by atoms with van der Waals surface area (Å²) in [7, 11) is 1.77. The molecule has 2 fully saturated rings. The van der Waals surface area contributed by atoms with E-state index >= 15 is 0 Å². The molecule has 0 aromatic heterocycles. The summed E-state index contributed by atoms with van der Waals surface area (Å²) in [6.07, 6.45) is 4.54. The first-order valence-corrected chi connectivity index (χ1v) is 6.76. The van der Waals surface area contributed by atoms with Crippen LogP contribution in [0.2, 0.25) is 0 Å². The van der Waals surface area contributed by atoms with Crippen molar-refractivity contribution in [2.45, 2.75) is 50.6 Å². The molecule has 1 saturated heterocycles. The number of rotatable bonds is 2. The van der Waals surface area contributed by atoms with Crippen LogP contribution >= 0.6 is 12.4 Å². The fourth-order valence-electron chi connectivity index (χ4n) is 3.02. The highest BCUT2D eigenvalue weighted by Gasteiger charge is 2.40. The number of amides is 2. The molecule has 3 unspecified atom stereocenters. The van der Waals surface area contributed by atoms with Crippen molar-refractivity contribution in [2.24, 2.45) is 11.7 Å². The van der Waals surface area contributed by atoms with E-state index in [1.807, 2.05) is 6.92 Å². The predicted molar refractivity (Wildman–Crippen MR) is 76.0 cm³/mol. The van der Waals surface area contributed by atoms with Crippen molar-refractivity contribution >= 4 is 24.2 Å². The quantitative estimate of drug-likeness (QED) is 0.784. The number of hydrogen-bond acceptors (Lipinski definition) is 3. The molecule has 1 aliphatic heterocycles. The molecule has 6 heteroatoms. The molecule has 1 heterocycles. The lowest BCUT2D eigenvalue weighted by Crippen LogP contribution is -2.55. The molecule has 2 aliphatic rings. The van der Waals surface area contributed by atoms with Gasteiger partial charge in [0.15, 0.2) is 0 Å². The molecule has 110 valence electrons. The maximum absolute atomic E-state index is 12.3. The van der Waals surface area contributed by atoms with Gasteiger partial charge in [-0.15, -0.1) is 12.4 Å². The van der Waals surface area contributed by atoms with Crippen LogP contribution in [0.5, 0.6) is 0 Å². The molecule has 2 amide bonds. The van der Waals surface area contributed by atoms with Gasteiger partial charge in [0, 0.05) is 19.1 Å². The Labute approximate surface area is 120 Å². The average Bonchev–Trinajstić information content (AvgIpc) is 2.60. The number of nitrogens with two attached hydrogens (primary N) is 1. The van der Waals surface area contributed by atoms with Gasteiger partial charge in [-0.25, -0.2) is 0 Å². The van der Waals surface area contributed by atoms with Gasteiger partial charge in [0.2, 0.25) is 11.8 Å². The summed E-state index contributed by atoms with van der Waals surface area (Å²) in [4.78, 5) is 25.7. The molecule has 19 heavy (non-hydrogen) atoms. The summed E-state index contributed by atoms with van der Waals surface area (Å²) in [5.41, 5.74) is 5.77. The van der Waals surface area contributed by atoms with Gasteiger partial charge < -0.3 is 16.0 Å². The van der Waals surface area contributed by atoms with Crippen molar-refractivity contribution in [2.75, 3.05) is 13.6 Å². The Morgan fingerprint density at radius 2 is 2.11 bits per heavy atom. The third kappa shape index (κ3) is 3.39. The van der Waals surface area contributed by atoms with Crippen molar-refractivity contribution in [3.05, 3.63) is 0 Å². The lowest BCUT2D eigenvalue weighted by Gasteiger charge is -2.37. The van der Waals surface area contributed by atoms with Crippen molar-refractivity contribution in [1.82, 2.24) is 10.2 Å². The monoisotopic (exact) mass is 289 g/mol. The summed E-state index contributed by atoms with van der Waals surface area (Å²) in [6, 6.07) is -0.347. The van der Waals surface area contributed by atoms with Crippen LogP contribution in [-0.4, -0.2) is 41.9 Å². The maximum Gasteiger partial charge on any atom is 0.244 e. The largest absolute Gasteiger partial charge is 0.344 e. The zero-order valence-electron chi connectivity index (χ0n) is 11.6. The Hall–Kier alpha value is -0.810. The zero-order chi connectivity index (χ0) is 13.3. The van der Waals surface area contributed by atoms with Gasteiger partial charge >= 0.3 is 0 Å². The fraction of sp³-hybridized carbons (Fsp3) is 0.846. The van der Waals surface area contributed by atoms with Crippen LogP contribution in [0.3, 0.4) is 0 Å². The van der Waals surface area contributed by atoms with Crippen LogP contribution < -0.4 is 11.1 Å². The Morgan fingerprint density at radius 3 is 2.63 bits per heavy atom. The minimum Gasteiger partial charge on any atom is -0.344 e. The van der Waals surface area contributed by atoms with Crippen LogP contribution in [0.1, 0.15) is 39.0 Å². The third-order valence-electron chi connectivity index (χ3n) is 4.31. The summed E-state index contributed by atoms with van der Waals surface area (Å²) >= 11 is 0. The smallest absolute Gasteiger partial charge is 0.244 e. The SMILES string of the molecule is CN1CCC(NC(=O)C2CCCCC2(C)N)C1=O.Cl. The summed E-state index contributed by atoms with van der Waals surface area (Å²) < 4.78 is 0. The molecule has 0 aromatic carbocycles. The number of likely N-dealkylation sites (tertiary alicyclic amines) is 1. The van der Waals surface area contributed by atoms with E-state index in [0.717, 1.165) is 25.7 Å². The highest BCUT2D eigenvalue weighted by atomic mass is 35.5. The Kier molecular flexibility index (Phi) is 5.21. The van der Waals surface area contributed by atoms with Crippen molar-refractivity contribution in [3.8, 4) is 0 Å². The van der Waals surface area contributed by atoms with Crippen molar-refractivity contribution < 1.29 is 9.59 Å². The molecule has 0 spiro atoms. The number of carbonyl (C=O) groups excluding carboxylic acids is 2. The molecular formula is C13H24ClN3O2. The summed E-state index contributed by atoms with van der Waals surface area (Å²) in [5, 5.41) is 2.87. The molecule has 5 nitrogen and oxygen atoms in total. The molecule has 3 atom stereocenters. The molecule has 0 aromatic rings. The number of carbonyl (C=O) groups is 2. The molecule has 1 saturated carbocycles. The summed E-state index contributed by atoms with van der Waals surface area (Å²) in [5.74, 6) is -0.198. The van der Waals surface area contributed by atoms with Gasteiger partial charge in [0.25, 0.3) is 0 Å². The fourth-order valence-corrected chi connectivity index (χ4v) is 3.02. The van der Waals surface area contributed by atoms with Crippen LogP contribution in [0.4, 0.5) is 0 Å². The van der Waals surface area contributed by atoms with Crippen molar-refractivity contribution in [3.63, 3.8) is 0 Å². The molecular weight excluding hydrogens is 266 g/mol. The number of nitrogens with one attached hydrogen (secondary N) is 1. The normalized spacial score (nSPS) is 34.9. The van der Waals surface area contributed by atoms with E-state index < -0.39 is 5.54 Å². The number of hydrogen-bond donors (Lipinski definition) is 2. The minimum atomic E-state index is -0.435. The van der Waals surface area contributed by atoms with E-state index in [1.165, 1.54) is 0 Å². The van der Waals surface area contributed by atoms with E-state index in [0.29, 0.717) is 13.0 Å². The second-order valence-electron chi connectivity index (χ2n) is 5.91. The van der Waals surface area contributed by atoms with E-state index in [1.54, 1.807) is 11.9 Å². The van der Waals surface area contributed by atoms with E-state index in [-0.39, 0.29) is 36.2 Å². The van der Waals surface area contributed by atoms with Crippen molar-refractivity contribution in [1.29, 1.82) is 0 Å². The minimum absolute atomic E-state index is 0. The highest BCUT2D eigenvalue weighted by Crippen LogP contribution is 2.31. The van der Waals surface area contributed by atoms with Gasteiger partial charge in [0.1, 0.15) is 6.04 Å². The van der Waals surface area contributed by atoms with Gasteiger partial charge in [0.05, 0.1) is 5.92 Å². The number of nitrogens with zero attached hydrogens (tertiary/aromatic N) is 1. The van der Waals surface area contributed by atoms with Gasteiger partial charge in [-0.3, -0.25) is 9.59 Å². The zero-order valence-corrected chi connectivity index (χ0v) is 12.5. The Bertz CT molecular complexity index is 360. The lowest BCUT2D eigenvalue weighted by atomic mass is 9.74. The third-order valence-corrected chi connectivity index (χ3v) is 4.31. The topological polar surface area (TPSA) is 75.4 Å². The molecule has 0 radical (unpaired) electrons. The number of halogens is 1. The van der Waals surface area contributed by atoms with Crippen LogP contribution in [0.15, 0.2) is 0 Å². The lowest BCUT2D eigenvalue weighted by molar-refractivity contribution is -0.134. The van der Waals surface area contributed by atoms with Gasteiger partial charge in [-0.2, -0.15) is 0 Å². The first kappa shape index (κ1) is 16.2. The number of likely N-dealkylation sites (N-methyl/N-ethyl adjacent to an activating group) is 1. The molecule has 3 N–H and O–H groups in total. The first-order valence-electron chi connectivity index (χ1n) is 6.76. The van der Waals surface area contributed by atoms with E-state index in [2.05, 4.69) is 5.32 Å². The van der Waals surface area contributed by atoms with E-state index in [4.69, 9.17) is 5.73 Å². The van der Waals surface area contributed by atoms with Gasteiger partial charge in [-0.05, 0) is 26.2 Å². The second-order valence-corrected chi connectivity index (χ2v) is 5.91. The van der Waals surface area contributed by atoms with Crippen LogP contribution in [0.25, 0.3) is 0 Å². The Morgan fingerprint density at radius 1 is 1.42 bits per heavy atom. The Balaban J connectivity index is 0.00000180. The molecule has 2 rings (SSSR count). The standard InChI is InChI=1S/C13H23N3O2.ClH/c1-13(14)7-4-3-5-9(13)11(17)15-10-6-8-16(2)12(10)18;/h9-10H,3-8,14H2,1-2H3,(H,15,17);1H. The van der Waals surface area contributed by atoms with Crippen LogP contribution in [0, 0.1) is 5.92 Å². The first-order chi connectivity index (χ1) is 8.42. The summed E-state index contributed by atoms with van der Waals surface area (Å²) in [6.45, 7) is 2.66. The van der Waals surface area contributed by atoms with Crippen LogP contribution in [-0.2, 0) is 9.59 Å². The maximum atomic E-state index is 12.3.